The minimum atomic E-state index is 0.739. The number of hydrogen-bond donors (Lipinski definition) is 2. The molecule has 0 saturated heterocycles. The highest BCUT2D eigenvalue weighted by Crippen LogP contribution is 2.21. The molecule has 0 aliphatic carbocycles. The van der Waals surface area contributed by atoms with Gasteiger partial charge in [0.15, 0.2) is 0 Å². The lowest BCUT2D eigenvalue weighted by Crippen LogP contribution is -2.17. The van der Waals surface area contributed by atoms with E-state index in [1.165, 1.54) is 16.7 Å². The zero-order valence-electron chi connectivity index (χ0n) is 11.8. The number of nitrogens with two attached hydrogens (primary N) is 1. The number of benzene rings is 2. The molecule has 20 heavy (non-hydrogen) atoms. The maximum Gasteiger partial charge on any atom is 0.0205 e. The summed E-state index contributed by atoms with van der Waals surface area (Å²) in [7, 11) is 0. The van der Waals surface area contributed by atoms with Gasteiger partial charge in [-0.15, -0.1) is 0 Å². The van der Waals surface area contributed by atoms with Gasteiger partial charge in [-0.25, -0.2) is 0 Å². The minimum absolute atomic E-state index is 0.739. The highest BCUT2D eigenvalue weighted by Gasteiger charge is 2.01. The van der Waals surface area contributed by atoms with Crippen LogP contribution in [0.15, 0.2) is 61.2 Å². The monoisotopic (exact) mass is 266 g/mol. The Morgan fingerprint density at radius 2 is 1.60 bits per heavy atom. The van der Waals surface area contributed by atoms with E-state index in [0.717, 1.165) is 31.6 Å². The summed E-state index contributed by atoms with van der Waals surface area (Å²) in [6.07, 6.45) is 1.02. The van der Waals surface area contributed by atoms with Crippen LogP contribution in [0.2, 0.25) is 0 Å². The van der Waals surface area contributed by atoms with E-state index in [4.69, 9.17) is 5.73 Å². The summed E-state index contributed by atoms with van der Waals surface area (Å²) >= 11 is 0. The van der Waals surface area contributed by atoms with Crippen molar-refractivity contribution in [3.8, 4) is 0 Å². The Kier molecular flexibility index (Phi) is 5.54. The average Bonchev–Trinajstić information content (AvgIpc) is 2.52. The molecular formula is C18H22N2. The van der Waals surface area contributed by atoms with Gasteiger partial charge < -0.3 is 11.1 Å². The molecule has 0 aliphatic rings. The standard InChI is InChI=1S/C18H22N2/c1-15(17-6-3-2-4-7-17)18-10-8-16(9-11-18)14-20-13-5-12-19/h2-4,6-11,20H,1,5,12-14,19H2. The van der Waals surface area contributed by atoms with E-state index in [2.05, 4.69) is 48.3 Å². The fraction of sp³-hybridized carbons (Fsp3) is 0.222. The van der Waals surface area contributed by atoms with Gasteiger partial charge in [0.1, 0.15) is 0 Å². The lowest BCUT2D eigenvalue weighted by atomic mass is 9.99. The summed E-state index contributed by atoms with van der Waals surface area (Å²) in [5, 5.41) is 3.38. The summed E-state index contributed by atoms with van der Waals surface area (Å²) in [6.45, 7) is 6.78. The van der Waals surface area contributed by atoms with Gasteiger partial charge in [-0.05, 0) is 41.8 Å². The lowest BCUT2D eigenvalue weighted by molar-refractivity contribution is 0.655. The molecule has 0 atom stereocenters. The molecule has 0 unspecified atom stereocenters. The van der Waals surface area contributed by atoms with Crippen molar-refractivity contribution in [2.75, 3.05) is 13.1 Å². The van der Waals surface area contributed by atoms with Gasteiger partial charge in [-0.3, -0.25) is 0 Å². The average molecular weight is 266 g/mol. The Hall–Kier alpha value is -1.90. The molecule has 0 radical (unpaired) electrons. The van der Waals surface area contributed by atoms with Gasteiger partial charge in [0.05, 0.1) is 0 Å². The smallest absolute Gasteiger partial charge is 0.0205 e. The van der Waals surface area contributed by atoms with Crippen LogP contribution in [0.1, 0.15) is 23.1 Å². The van der Waals surface area contributed by atoms with Crippen LogP contribution in [0.5, 0.6) is 0 Å². The normalized spacial score (nSPS) is 10.4. The van der Waals surface area contributed by atoms with Crippen molar-refractivity contribution in [1.82, 2.24) is 5.32 Å². The third-order valence-electron chi connectivity index (χ3n) is 3.31. The molecule has 0 fully saturated rings. The van der Waals surface area contributed by atoms with Crippen LogP contribution < -0.4 is 11.1 Å². The summed E-state index contributed by atoms with van der Waals surface area (Å²) < 4.78 is 0. The highest BCUT2D eigenvalue weighted by atomic mass is 14.8. The minimum Gasteiger partial charge on any atom is -0.330 e. The Balaban J connectivity index is 1.96. The molecule has 0 saturated carbocycles. The molecular weight excluding hydrogens is 244 g/mol. The summed E-state index contributed by atoms with van der Waals surface area (Å²) in [5.74, 6) is 0. The van der Waals surface area contributed by atoms with Crippen LogP contribution in [0.25, 0.3) is 5.57 Å². The van der Waals surface area contributed by atoms with Crippen molar-refractivity contribution >= 4 is 5.57 Å². The SMILES string of the molecule is C=C(c1ccccc1)c1ccc(CNCCCN)cc1. The molecule has 2 nitrogen and oxygen atoms in total. The molecule has 0 aliphatic heterocycles. The van der Waals surface area contributed by atoms with Gasteiger partial charge >= 0.3 is 0 Å². The fourth-order valence-electron chi connectivity index (χ4n) is 2.09. The van der Waals surface area contributed by atoms with E-state index < -0.39 is 0 Å². The van der Waals surface area contributed by atoms with E-state index in [9.17, 15) is 0 Å². The van der Waals surface area contributed by atoms with Crippen molar-refractivity contribution < 1.29 is 0 Å². The van der Waals surface area contributed by atoms with Gasteiger partial charge in [0, 0.05) is 6.54 Å². The third-order valence-corrected chi connectivity index (χ3v) is 3.31. The largest absolute Gasteiger partial charge is 0.330 e. The Labute approximate surface area is 121 Å². The number of nitrogens with one attached hydrogen (secondary N) is 1. The molecule has 3 N–H and O–H groups in total. The molecule has 2 aromatic rings. The molecule has 2 aromatic carbocycles. The van der Waals surface area contributed by atoms with Crippen molar-refractivity contribution in [2.24, 2.45) is 5.73 Å². The van der Waals surface area contributed by atoms with Crippen LogP contribution >= 0.6 is 0 Å². The van der Waals surface area contributed by atoms with Crippen molar-refractivity contribution in [1.29, 1.82) is 0 Å². The Morgan fingerprint density at radius 3 is 2.25 bits per heavy atom. The van der Waals surface area contributed by atoms with Gasteiger partial charge in [0.2, 0.25) is 0 Å². The topological polar surface area (TPSA) is 38.0 Å². The third kappa shape index (κ3) is 4.05. The van der Waals surface area contributed by atoms with Crippen LogP contribution in [0.3, 0.4) is 0 Å². The molecule has 2 rings (SSSR count). The molecule has 0 heterocycles. The molecule has 0 spiro atoms. The zero-order chi connectivity index (χ0) is 14.2. The van der Waals surface area contributed by atoms with E-state index >= 15 is 0 Å². The van der Waals surface area contributed by atoms with Gasteiger partial charge in [-0.2, -0.15) is 0 Å². The van der Waals surface area contributed by atoms with Crippen LogP contribution in [-0.2, 0) is 6.54 Å². The first kappa shape index (κ1) is 14.5. The maximum atomic E-state index is 5.47. The van der Waals surface area contributed by atoms with Crippen LogP contribution in [0.4, 0.5) is 0 Å². The molecule has 0 aromatic heterocycles. The van der Waals surface area contributed by atoms with E-state index in [1.54, 1.807) is 0 Å². The second kappa shape index (κ2) is 7.63. The van der Waals surface area contributed by atoms with Crippen molar-refractivity contribution in [2.45, 2.75) is 13.0 Å². The van der Waals surface area contributed by atoms with Crippen molar-refractivity contribution in [3.63, 3.8) is 0 Å². The van der Waals surface area contributed by atoms with Crippen LogP contribution in [-0.4, -0.2) is 13.1 Å². The Bertz CT molecular complexity index is 529. The lowest BCUT2D eigenvalue weighted by Gasteiger charge is -2.08. The van der Waals surface area contributed by atoms with E-state index in [1.807, 2.05) is 18.2 Å². The first-order valence-corrected chi connectivity index (χ1v) is 7.05. The van der Waals surface area contributed by atoms with Crippen molar-refractivity contribution in [3.05, 3.63) is 77.9 Å². The molecule has 0 amide bonds. The highest BCUT2D eigenvalue weighted by molar-refractivity contribution is 5.77. The van der Waals surface area contributed by atoms with E-state index in [0.29, 0.717) is 0 Å². The van der Waals surface area contributed by atoms with E-state index in [-0.39, 0.29) is 0 Å². The predicted molar refractivity (Wildman–Crippen MR) is 86.4 cm³/mol. The Morgan fingerprint density at radius 1 is 0.950 bits per heavy atom. The number of hydrogen-bond acceptors (Lipinski definition) is 2. The fourth-order valence-corrected chi connectivity index (χ4v) is 2.09. The summed E-state index contributed by atoms with van der Waals surface area (Å²) in [4.78, 5) is 0. The second-order valence-electron chi connectivity index (χ2n) is 4.86. The van der Waals surface area contributed by atoms with Crippen LogP contribution in [0, 0.1) is 0 Å². The molecule has 104 valence electrons. The predicted octanol–water partition coefficient (Wildman–Crippen LogP) is 3.19. The quantitative estimate of drug-likeness (QED) is 0.755. The molecule has 2 heteroatoms. The first-order valence-electron chi connectivity index (χ1n) is 7.05. The maximum absolute atomic E-state index is 5.47. The van der Waals surface area contributed by atoms with Gasteiger partial charge in [0.25, 0.3) is 0 Å². The summed E-state index contributed by atoms with van der Waals surface area (Å²) in [5.41, 5.74) is 10.2. The summed E-state index contributed by atoms with van der Waals surface area (Å²) in [6, 6.07) is 18.8. The second-order valence-corrected chi connectivity index (χ2v) is 4.86. The van der Waals surface area contributed by atoms with Gasteiger partial charge in [-0.1, -0.05) is 61.2 Å². The zero-order valence-corrected chi connectivity index (χ0v) is 11.8. The number of rotatable bonds is 7. The molecule has 0 bridgehead atoms. The first-order chi connectivity index (χ1) is 9.81.